The topological polar surface area (TPSA) is 108 Å². The molecule has 0 aromatic heterocycles. The number of amides is 1. The fourth-order valence-electron chi connectivity index (χ4n) is 1.94. The minimum Gasteiger partial charge on any atom is -0.466 e. The Bertz CT molecular complexity index is 606. The Kier molecular flexibility index (Phi) is 7.67. The van der Waals surface area contributed by atoms with E-state index in [2.05, 4.69) is 5.32 Å². The van der Waals surface area contributed by atoms with Gasteiger partial charge in [0.05, 0.1) is 18.8 Å². The number of nitrogens with one attached hydrogen (secondary N) is 1. The third kappa shape index (κ3) is 5.86. The van der Waals surface area contributed by atoms with Gasteiger partial charge < -0.3 is 20.5 Å². The molecule has 0 aliphatic rings. The van der Waals surface area contributed by atoms with Crippen molar-refractivity contribution < 1.29 is 28.2 Å². The largest absolute Gasteiger partial charge is 0.466 e. The molecule has 0 bridgehead atoms. The highest BCUT2D eigenvalue weighted by atomic mass is 19.1. The number of anilines is 1. The normalized spacial score (nSPS) is 11.5. The van der Waals surface area contributed by atoms with Crippen molar-refractivity contribution in [2.75, 3.05) is 18.9 Å². The maximum Gasteiger partial charge on any atom is 0.328 e. The van der Waals surface area contributed by atoms with E-state index in [0.29, 0.717) is 0 Å². The summed E-state index contributed by atoms with van der Waals surface area (Å²) in [7, 11) is 0. The van der Waals surface area contributed by atoms with E-state index in [0.717, 1.165) is 6.07 Å². The van der Waals surface area contributed by atoms with Crippen LogP contribution < -0.4 is 11.1 Å². The summed E-state index contributed by atoms with van der Waals surface area (Å²) in [4.78, 5) is 35.5. The molecule has 0 aliphatic heterocycles. The summed E-state index contributed by atoms with van der Waals surface area (Å²) in [5, 5.41) is 2.37. The van der Waals surface area contributed by atoms with E-state index in [-0.39, 0.29) is 37.3 Å². The number of rotatable bonds is 8. The van der Waals surface area contributed by atoms with Gasteiger partial charge in [0.15, 0.2) is 0 Å². The van der Waals surface area contributed by atoms with Crippen molar-refractivity contribution in [1.29, 1.82) is 0 Å². The number of carbonyl (C=O) groups is 3. The van der Waals surface area contributed by atoms with Crippen molar-refractivity contribution in [3.63, 3.8) is 0 Å². The molecular formula is C16H21FN2O5. The highest BCUT2D eigenvalue weighted by molar-refractivity contribution is 5.97. The summed E-state index contributed by atoms with van der Waals surface area (Å²) >= 11 is 0. The first kappa shape index (κ1) is 19.4. The van der Waals surface area contributed by atoms with E-state index < -0.39 is 29.7 Å². The van der Waals surface area contributed by atoms with E-state index in [1.54, 1.807) is 13.8 Å². The van der Waals surface area contributed by atoms with Crippen LogP contribution in [0.5, 0.6) is 0 Å². The average Bonchev–Trinajstić information content (AvgIpc) is 2.51. The molecule has 0 saturated heterocycles. The van der Waals surface area contributed by atoms with Gasteiger partial charge in [0.2, 0.25) is 0 Å². The Balaban J connectivity index is 2.81. The predicted molar refractivity (Wildman–Crippen MR) is 84.6 cm³/mol. The second-order valence-electron chi connectivity index (χ2n) is 4.86. The van der Waals surface area contributed by atoms with Crippen LogP contribution in [0.4, 0.5) is 10.1 Å². The molecule has 0 saturated carbocycles. The van der Waals surface area contributed by atoms with Gasteiger partial charge in [-0.3, -0.25) is 9.59 Å². The molecule has 132 valence electrons. The molecule has 8 heteroatoms. The Morgan fingerprint density at radius 1 is 1.21 bits per heavy atom. The van der Waals surface area contributed by atoms with E-state index in [9.17, 15) is 18.8 Å². The SMILES string of the molecule is CCOC(=O)CCC(NC(=O)c1ccc(N)cc1F)C(=O)OCC. The molecule has 7 nitrogen and oxygen atoms in total. The van der Waals surface area contributed by atoms with Crippen molar-refractivity contribution >= 4 is 23.5 Å². The van der Waals surface area contributed by atoms with Gasteiger partial charge in [-0.15, -0.1) is 0 Å². The summed E-state index contributed by atoms with van der Waals surface area (Å²) in [6, 6.07) is 2.51. The molecule has 0 spiro atoms. The number of ether oxygens (including phenoxy) is 2. The molecule has 1 aromatic carbocycles. The van der Waals surface area contributed by atoms with Crippen LogP contribution >= 0.6 is 0 Å². The lowest BCUT2D eigenvalue weighted by Gasteiger charge is -2.17. The minimum atomic E-state index is -1.08. The number of halogens is 1. The molecule has 1 atom stereocenters. The summed E-state index contributed by atoms with van der Waals surface area (Å²) in [6.07, 6.45) is -0.0954. The van der Waals surface area contributed by atoms with Gasteiger partial charge >= 0.3 is 11.9 Å². The van der Waals surface area contributed by atoms with Crippen molar-refractivity contribution in [3.05, 3.63) is 29.6 Å². The quantitative estimate of drug-likeness (QED) is 0.547. The van der Waals surface area contributed by atoms with Gasteiger partial charge in [0.1, 0.15) is 11.9 Å². The Morgan fingerprint density at radius 3 is 2.46 bits per heavy atom. The second kappa shape index (κ2) is 9.49. The molecule has 0 heterocycles. The van der Waals surface area contributed by atoms with Crippen LogP contribution in [0.2, 0.25) is 0 Å². The van der Waals surface area contributed by atoms with Gasteiger partial charge in [0.25, 0.3) is 5.91 Å². The highest BCUT2D eigenvalue weighted by Crippen LogP contribution is 2.13. The van der Waals surface area contributed by atoms with Crippen molar-refractivity contribution in [1.82, 2.24) is 5.32 Å². The van der Waals surface area contributed by atoms with Crippen LogP contribution in [0.1, 0.15) is 37.0 Å². The molecule has 3 N–H and O–H groups in total. The van der Waals surface area contributed by atoms with Crippen LogP contribution in [-0.2, 0) is 19.1 Å². The summed E-state index contributed by atoms with van der Waals surface area (Å²) in [5.74, 6) is -2.80. The lowest BCUT2D eigenvalue weighted by molar-refractivity contribution is -0.146. The Morgan fingerprint density at radius 2 is 1.88 bits per heavy atom. The Labute approximate surface area is 139 Å². The number of benzene rings is 1. The lowest BCUT2D eigenvalue weighted by atomic mass is 10.1. The number of nitrogens with two attached hydrogens (primary N) is 1. The monoisotopic (exact) mass is 340 g/mol. The van der Waals surface area contributed by atoms with Gasteiger partial charge in [-0.05, 0) is 38.5 Å². The molecule has 0 aliphatic carbocycles. The summed E-state index contributed by atoms with van der Waals surface area (Å²) < 4.78 is 23.4. The van der Waals surface area contributed by atoms with Crippen LogP contribution in [0.3, 0.4) is 0 Å². The zero-order chi connectivity index (χ0) is 18.1. The zero-order valence-corrected chi connectivity index (χ0v) is 13.6. The third-order valence-corrected chi connectivity index (χ3v) is 3.06. The van der Waals surface area contributed by atoms with Crippen molar-refractivity contribution in [2.24, 2.45) is 0 Å². The molecule has 1 aromatic rings. The minimum absolute atomic E-state index is 0.0139. The molecular weight excluding hydrogens is 319 g/mol. The van der Waals surface area contributed by atoms with E-state index in [1.807, 2.05) is 0 Å². The first-order valence-electron chi connectivity index (χ1n) is 7.57. The van der Waals surface area contributed by atoms with Crippen LogP contribution in [0.25, 0.3) is 0 Å². The fourth-order valence-corrected chi connectivity index (χ4v) is 1.94. The molecule has 1 rings (SSSR count). The maximum absolute atomic E-state index is 13.8. The van der Waals surface area contributed by atoms with E-state index in [1.165, 1.54) is 12.1 Å². The predicted octanol–water partition coefficient (Wildman–Crippen LogP) is 1.41. The molecule has 1 unspecified atom stereocenters. The first-order valence-corrected chi connectivity index (χ1v) is 7.57. The second-order valence-corrected chi connectivity index (χ2v) is 4.86. The number of nitrogen functional groups attached to an aromatic ring is 1. The number of hydrogen-bond acceptors (Lipinski definition) is 6. The number of hydrogen-bond donors (Lipinski definition) is 2. The Hall–Kier alpha value is -2.64. The summed E-state index contributed by atoms with van der Waals surface area (Å²) in [5.41, 5.74) is 5.35. The van der Waals surface area contributed by atoms with E-state index in [4.69, 9.17) is 15.2 Å². The lowest BCUT2D eigenvalue weighted by Crippen LogP contribution is -2.42. The summed E-state index contributed by atoms with van der Waals surface area (Å²) in [6.45, 7) is 3.60. The molecule has 1 amide bonds. The van der Waals surface area contributed by atoms with Gasteiger partial charge in [-0.25, -0.2) is 9.18 Å². The standard InChI is InChI=1S/C16H21FN2O5/c1-3-23-14(20)8-7-13(16(22)24-4-2)19-15(21)11-6-5-10(18)9-12(11)17/h5-6,9,13H,3-4,7-8,18H2,1-2H3,(H,19,21). The third-order valence-electron chi connectivity index (χ3n) is 3.06. The maximum atomic E-state index is 13.8. The molecule has 24 heavy (non-hydrogen) atoms. The average molecular weight is 340 g/mol. The van der Waals surface area contributed by atoms with Crippen LogP contribution in [-0.4, -0.2) is 37.1 Å². The van der Waals surface area contributed by atoms with Gasteiger partial charge in [-0.2, -0.15) is 0 Å². The van der Waals surface area contributed by atoms with Crippen LogP contribution in [0.15, 0.2) is 18.2 Å². The zero-order valence-electron chi connectivity index (χ0n) is 13.6. The highest BCUT2D eigenvalue weighted by Gasteiger charge is 2.25. The number of carbonyl (C=O) groups excluding carboxylic acids is 3. The smallest absolute Gasteiger partial charge is 0.328 e. The van der Waals surface area contributed by atoms with Crippen LogP contribution in [0, 0.1) is 5.82 Å². The van der Waals surface area contributed by atoms with Gasteiger partial charge in [0, 0.05) is 12.1 Å². The molecule has 0 fully saturated rings. The number of esters is 2. The van der Waals surface area contributed by atoms with Crippen molar-refractivity contribution in [2.45, 2.75) is 32.7 Å². The van der Waals surface area contributed by atoms with Gasteiger partial charge in [-0.1, -0.05) is 0 Å². The molecule has 0 radical (unpaired) electrons. The van der Waals surface area contributed by atoms with E-state index >= 15 is 0 Å². The fraction of sp³-hybridized carbons (Fsp3) is 0.438. The first-order chi connectivity index (χ1) is 11.4. The van der Waals surface area contributed by atoms with Crippen molar-refractivity contribution in [3.8, 4) is 0 Å².